The fourth-order valence-corrected chi connectivity index (χ4v) is 8.93. The Morgan fingerprint density at radius 2 is 1.35 bits per heavy atom. The molecule has 2 fully saturated rings. The number of nitrogens with one attached hydrogen (secondary N) is 1. The molecule has 0 unspecified atom stereocenters. The van der Waals surface area contributed by atoms with Gasteiger partial charge in [-0.3, -0.25) is 38.6 Å². The molecule has 1 aromatic rings. The fourth-order valence-electron chi connectivity index (χ4n) is 8.93. The Morgan fingerprint density at radius 1 is 0.767 bits per heavy atom. The average molecular weight is 837 g/mol. The minimum Gasteiger partial charge on any atom is -0.499 e. The number of hydrogen-bond donors (Lipinski definition) is 1. The van der Waals surface area contributed by atoms with Crippen LogP contribution in [-0.4, -0.2) is 150 Å². The lowest BCUT2D eigenvalue weighted by Gasteiger charge is -2.39. The van der Waals surface area contributed by atoms with Crippen LogP contribution in [0.2, 0.25) is 0 Å². The summed E-state index contributed by atoms with van der Waals surface area (Å²) < 4.78 is 11.4. The molecular weight excluding hydrogens is 769 g/mol. The molecule has 3 heterocycles. The molecular formula is C45H68N6O9. The van der Waals surface area contributed by atoms with Gasteiger partial charge in [0.1, 0.15) is 36.0 Å². The minimum atomic E-state index is -1.31. The molecule has 0 spiro atoms. The van der Waals surface area contributed by atoms with Gasteiger partial charge in [0.25, 0.3) is 11.8 Å². The van der Waals surface area contributed by atoms with Gasteiger partial charge in [0.15, 0.2) is 6.10 Å². The molecule has 3 aliphatic heterocycles. The van der Waals surface area contributed by atoms with Crippen LogP contribution in [0.4, 0.5) is 0 Å². The number of methoxy groups -OCH3 is 1. The lowest BCUT2D eigenvalue weighted by atomic mass is 9.96. The Balaban J connectivity index is 1.50. The molecule has 0 aromatic heterocycles. The number of carbonyl (C=O) groups excluding carboxylic acids is 7. The Kier molecular flexibility index (Phi) is 16.5. The predicted octanol–water partition coefficient (Wildman–Crippen LogP) is 3.26. The summed E-state index contributed by atoms with van der Waals surface area (Å²) >= 11 is 0. The van der Waals surface area contributed by atoms with E-state index in [-0.39, 0.29) is 36.1 Å². The zero-order chi connectivity index (χ0) is 44.7. The third-order valence-corrected chi connectivity index (χ3v) is 11.9. The van der Waals surface area contributed by atoms with E-state index in [0.717, 1.165) is 10.5 Å². The van der Waals surface area contributed by atoms with Gasteiger partial charge < -0.3 is 29.5 Å². The molecule has 332 valence electrons. The lowest BCUT2D eigenvalue weighted by Crippen LogP contribution is -2.61. The van der Waals surface area contributed by atoms with Crippen molar-refractivity contribution in [3.8, 4) is 0 Å². The Morgan fingerprint density at radius 3 is 1.88 bits per heavy atom. The van der Waals surface area contributed by atoms with Gasteiger partial charge in [-0.15, -0.1) is 0 Å². The van der Waals surface area contributed by atoms with Crippen LogP contribution in [0.25, 0.3) is 0 Å². The van der Waals surface area contributed by atoms with Gasteiger partial charge in [-0.2, -0.15) is 0 Å². The summed E-state index contributed by atoms with van der Waals surface area (Å²) in [5.41, 5.74) is 0.886. The van der Waals surface area contributed by atoms with E-state index in [1.807, 2.05) is 90.9 Å². The van der Waals surface area contributed by atoms with E-state index in [1.165, 1.54) is 27.9 Å². The number of benzene rings is 1. The standard InChI is InChI=1S/C45H68N6O9/c1-26(2)36(46-40(53)37(27(3)4)47(9)10)42(55)48(11)38(28(5)6)43(56)49-22-16-20-31(49)41(54)50-23-17-21-32(50)45(58)60-39(29(7)8)44(57)51-33(34(59-12)25-35(51)52)24-30-18-14-13-15-19-30/h13-15,18-19,25-29,31-33,36-39H,16-17,20-24H2,1-12H3,(H,46,53)/t31-,32-,33+,36+,37+,38+,39+/m1/s1. The largest absolute Gasteiger partial charge is 0.499 e. The summed E-state index contributed by atoms with van der Waals surface area (Å²) in [6.07, 6.45) is 2.02. The number of likely N-dealkylation sites (N-methyl/N-ethyl adjacent to an activating group) is 2. The number of ether oxygens (including phenoxy) is 2. The predicted molar refractivity (Wildman–Crippen MR) is 226 cm³/mol. The van der Waals surface area contributed by atoms with Crippen molar-refractivity contribution in [2.24, 2.45) is 23.7 Å². The topological polar surface area (TPSA) is 166 Å². The molecule has 2 saturated heterocycles. The highest BCUT2D eigenvalue weighted by atomic mass is 16.6. The van der Waals surface area contributed by atoms with Crippen LogP contribution in [0, 0.1) is 23.7 Å². The highest BCUT2D eigenvalue weighted by molar-refractivity contribution is 6.06. The van der Waals surface area contributed by atoms with E-state index in [1.54, 1.807) is 20.9 Å². The van der Waals surface area contributed by atoms with Gasteiger partial charge in [0.05, 0.1) is 13.2 Å². The maximum absolute atomic E-state index is 14.5. The molecule has 6 amide bonds. The van der Waals surface area contributed by atoms with Crippen molar-refractivity contribution in [1.82, 2.24) is 29.8 Å². The van der Waals surface area contributed by atoms with Crippen molar-refractivity contribution in [3.63, 3.8) is 0 Å². The van der Waals surface area contributed by atoms with Gasteiger partial charge >= 0.3 is 5.97 Å². The Labute approximate surface area is 356 Å². The van der Waals surface area contributed by atoms with Crippen LogP contribution in [0.1, 0.15) is 86.6 Å². The minimum absolute atomic E-state index is 0.00726. The first-order valence-corrected chi connectivity index (χ1v) is 21.4. The number of likely N-dealkylation sites (tertiary alicyclic amines) is 2. The highest BCUT2D eigenvalue weighted by Crippen LogP contribution is 2.30. The van der Waals surface area contributed by atoms with Crippen molar-refractivity contribution in [2.75, 3.05) is 41.3 Å². The first-order valence-electron chi connectivity index (χ1n) is 21.4. The fraction of sp³-hybridized carbons (Fsp3) is 0.667. The number of hydrogen-bond acceptors (Lipinski definition) is 10. The molecule has 1 aromatic carbocycles. The first kappa shape index (κ1) is 47.9. The molecule has 0 bridgehead atoms. The van der Waals surface area contributed by atoms with Gasteiger partial charge in [0.2, 0.25) is 23.6 Å². The second-order valence-electron chi connectivity index (χ2n) is 18.0. The zero-order valence-electron chi connectivity index (χ0n) is 37.7. The maximum atomic E-state index is 14.5. The van der Waals surface area contributed by atoms with Crippen LogP contribution < -0.4 is 5.32 Å². The lowest BCUT2D eigenvalue weighted by molar-refractivity contribution is -0.170. The molecule has 4 rings (SSSR count). The molecule has 15 heteroatoms. The quantitative estimate of drug-likeness (QED) is 0.230. The molecule has 7 atom stereocenters. The summed E-state index contributed by atoms with van der Waals surface area (Å²) in [5, 5.41) is 2.95. The van der Waals surface area contributed by atoms with E-state index >= 15 is 0 Å². The molecule has 60 heavy (non-hydrogen) atoms. The summed E-state index contributed by atoms with van der Waals surface area (Å²) in [5.74, 6) is -4.24. The van der Waals surface area contributed by atoms with Crippen molar-refractivity contribution in [1.29, 1.82) is 0 Å². The van der Waals surface area contributed by atoms with Crippen LogP contribution in [0.5, 0.6) is 0 Å². The van der Waals surface area contributed by atoms with Gasteiger partial charge in [-0.1, -0.05) is 85.7 Å². The molecule has 1 N–H and O–H groups in total. The van der Waals surface area contributed by atoms with Crippen LogP contribution in [-0.2, 0) is 49.5 Å². The van der Waals surface area contributed by atoms with Crippen LogP contribution in [0.3, 0.4) is 0 Å². The van der Waals surface area contributed by atoms with Gasteiger partial charge in [0, 0.05) is 32.6 Å². The summed E-state index contributed by atoms with van der Waals surface area (Å²) in [6, 6.07) is 4.52. The molecule has 0 radical (unpaired) electrons. The van der Waals surface area contributed by atoms with E-state index in [4.69, 9.17) is 9.47 Å². The number of amides is 6. The SMILES string of the molecule is COC1=CC(=O)N(C(=O)[C@@H](OC(=O)[C@H]2CCCN2C(=O)[C@H]2CCCN2C(=O)[C@H](C(C)C)N(C)C(=O)[C@@H](NC(=O)[C@H](C(C)C)N(C)C)C(C)C)C(C)C)[C@H]1Cc1ccccc1. The number of carbonyl (C=O) groups is 7. The van der Waals surface area contributed by atoms with Crippen molar-refractivity contribution < 1.29 is 43.0 Å². The van der Waals surface area contributed by atoms with Crippen molar-refractivity contribution in [2.45, 2.75) is 130 Å². The molecule has 15 nitrogen and oxygen atoms in total. The Hall–Kier alpha value is -4.79. The van der Waals surface area contributed by atoms with E-state index < -0.39 is 77.9 Å². The Bertz CT molecular complexity index is 1750. The van der Waals surface area contributed by atoms with E-state index in [2.05, 4.69) is 5.32 Å². The monoisotopic (exact) mass is 837 g/mol. The second kappa shape index (κ2) is 20.7. The maximum Gasteiger partial charge on any atom is 0.329 e. The van der Waals surface area contributed by atoms with E-state index in [0.29, 0.717) is 44.4 Å². The number of esters is 1. The van der Waals surface area contributed by atoms with Crippen LogP contribution in [0.15, 0.2) is 42.2 Å². The smallest absolute Gasteiger partial charge is 0.329 e. The second-order valence-corrected chi connectivity index (χ2v) is 18.0. The number of imide groups is 1. The zero-order valence-corrected chi connectivity index (χ0v) is 37.7. The average Bonchev–Trinajstić information content (AvgIpc) is 3.94. The van der Waals surface area contributed by atoms with Gasteiger partial charge in [-0.05, 0) is 69.0 Å². The number of rotatable bonds is 17. The third kappa shape index (κ3) is 10.6. The normalized spacial score (nSPS) is 21.4. The highest BCUT2D eigenvalue weighted by Gasteiger charge is 2.48. The summed E-state index contributed by atoms with van der Waals surface area (Å²) in [6.45, 7) is 15.3. The molecule has 3 aliphatic rings. The number of nitrogens with zero attached hydrogens (tertiary/aromatic N) is 5. The van der Waals surface area contributed by atoms with E-state index in [9.17, 15) is 33.6 Å². The van der Waals surface area contributed by atoms with Gasteiger partial charge in [-0.25, -0.2) is 4.79 Å². The summed E-state index contributed by atoms with van der Waals surface area (Å²) in [4.78, 5) is 105. The molecule has 0 saturated carbocycles. The first-order chi connectivity index (χ1) is 28.2. The third-order valence-electron chi connectivity index (χ3n) is 11.9. The van der Waals surface area contributed by atoms with Crippen LogP contribution >= 0.6 is 0 Å². The van der Waals surface area contributed by atoms with Crippen molar-refractivity contribution in [3.05, 3.63) is 47.7 Å². The van der Waals surface area contributed by atoms with Crippen molar-refractivity contribution >= 4 is 41.4 Å². The molecule has 0 aliphatic carbocycles. The summed E-state index contributed by atoms with van der Waals surface area (Å²) in [7, 11) is 6.64.